The Kier molecular flexibility index (Phi) is 5.48. The van der Waals surface area contributed by atoms with Crippen LogP contribution in [-0.4, -0.2) is 23.3 Å². The summed E-state index contributed by atoms with van der Waals surface area (Å²) in [6.07, 6.45) is 0. The second-order valence-corrected chi connectivity index (χ2v) is 6.70. The Labute approximate surface area is 158 Å². The van der Waals surface area contributed by atoms with Crippen LogP contribution in [0.15, 0.2) is 53.9 Å². The number of hydrogen-bond donors (Lipinski definition) is 0. The second-order valence-electron chi connectivity index (χ2n) is 5.03. The SMILES string of the molecule is O=C(COC(=O)c1csc(-c2ccccc2)n1)c1ccc(Cl)c(Cl)c1. The molecule has 0 saturated heterocycles. The molecule has 0 aliphatic heterocycles. The zero-order valence-electron chi connectivity index (χ0n) is 12.7. The number of esters is 1. The summed E-state index contributed by atoms with van der Waals surface area (Å²) in [5.74, 6) is -1.02. The van der Waals surface area contributed by atoms with Gasteiger partial charge >= 0.3 is 5.97 Å². The van der Waals surface area contributed by atoms with Crippen LogP contribution >= 0.6 is 34.5 Å². The zero-order chi connectivity index (χ0) is 17.8. The lowest BCUT2D eigenvalue weighted by Gasteiger charge is -2.04. The summed E-state index contributed by atoms with van der Waals surface area (Å²) in [6, 6.07) is 14.0. The molecular formula is C18H11Cl2NO3S. The Balaban J connectivity index is 1.64. The molecular weight excluding hydrogens is 381 g/mol. The zero-order valence-corrected chi connectivity index (χ0v) is 15.1. The van der Waals surface area contributed by atoms with Crippen molar-refractivity contribution in [1.82, 2.24) is 4.98 Å². The highest BCUT2D eigenvalue weighted by Crippen LogP contribution is 2.24. The monoisotopic (exact) mass is 391 g/mol. The predicted octanol–water partition coefficient (Wildman–Crippen LogP) is 5.16. The van der Waals surface area contributed by atoms with Gasteiger partial charge in [-0.3, -0.25) is 4.79 Å². The van der Waals surface area contributed by atoms with Crippen molar-refractivity contribution in [3.63, 3.8) is 0 Å². The maximum atomic E-state index is 12.1. The van der Waals surface area contributed by atoms with Crippen molar-refractivity contribution in [2.75, 3.05) is 6.61 Å². The predicted molar refractivity (Wildman–Crippen MR) is 98.6 cm³/mol. The average Bonchev–Trinajstić information content (AvgIpc) is 3.12. The minimum atomic E-state index is -0.646. The summed E-state index contributed by atoms with van der Waals surface area (Å²) in [6.45, 7) is -0.394. The molecule has 0 aliphatic rings. The van der Waals surface area contributed by atoms with Crippen molar-refractivity contribution < 1.29 is 14.3 Å². The first-order chi connectivity index (χ1) is 12.0. The lowest BCUT2D eigenvalue weighted by Crippen LogP contribution is -2.14. The first kappa shape index (κ1) is 17.6. The van der Waals surface area contributed by atoms with Gasteiger partial charge in [0, 0.05) is 16.5 Å². The lowest BCUT2D eigenvalue weighted by molar-refractivity contribution is 0.0470. The molecule has 0 unspecified atom stereocenters. The number of thiazole rings is 1. The fourth-order valence-corrected chi connectivity index (χ4v) is 3.13. The normalized spacial score (nSPS) is 10.5. The molecule has 0 fully saturated rings. The van der Waals surface area contributed by atoms with Gasteiger partial charge in [0.05, 0.1) is 10.0 Å². The number of ketones is 1. The van der Waals surface area contributed by atoms with E-state index >= 15 is 0 Å². The highest BCUT2D eigenvalue weighted by atomic mass is 35.5. The number of carbonyl (C=O) groups excluding carboxylic acids is 2. The topological polar surface area (TPSA) is 56.3 Å². The van der Waals surface area contributed by atoms with E-state index in [2.05, 4.69) is 4.98 Å². The van der Waals surface area contributed by atoms with Crippen molar-refractivity contribution in [2.24, 2.45) is 0 Å². The van der Waals surface area contributed by atoms with Gasteiger partial charge in [0.2, 0.25) is 0 Å². The maximum absolute atomic E-state index is 12.1. The standard InChI is InChI=1S/C18H11Cl2NO3S/c19-13-7-6-12(8-14(13)20)16(22)9-24-18(23)15-10-25-17(21-15)11-4-2-1-3-5-11/h1-8,10H,9H2. The van der Waals surface area contributed by atoms with E-state index in [0.717, 1.165) is 5.56 Å². The number of halogens is 2. The smallest absolute Gasteiger partial charge is 0.358 e. The Morgan fingerprint density at radius 1 is 1.04 bits per heavy atom. The summed E-state index contributed by atoms with van der Waals surface area (Å²) >= 11 is 13.0. The van der Waals surface area contributed by atoms with Crippen molar-refractivity contribution in [2.45, 2.75) is 0 Å². The third-order valence-electron chi connectivity index (χ3n) is 3.31. The first-order valence-electron chi connectivity index (χ1n) is 7.21. The minimum absolute atomic E-state index is 0.172. The number of hydrogen-bond acceptors (Lipinski definition) is 5. The van der Waals surface area contributed by atoms with Crippen LogP contribution in [-0.2, 0) is 4.74 Å². The third kappa shape index (κ3) is 4.25. The molecule has 25 heavy (non-hydrogen) atoms. The maximum Gasteiger partial charge on any atom is 0.358 e. The van der Waals surface area contributed by atoms with Crippen LogP contribution in [0, 0.1) is 0 Å². The van der Waals surface area contributed by atoms with E-state index in [0.29, 0.717) is 15.6 Å². The number of nitrogens with zero attached hydrogens (tertiary/aromatic N) is 1. The van der Waals surface area contributed by atoms with Gasteiger partial charge in [0.1, 0.15) is 5.01 Å². The van der Waals surface area contributed by atoms with Crippen LogP contribution < -0.4 is 0 Å². The summed E-state index contributed by atoms with van der Waals surface area (Å²) in [5, 5.41) is 2.94. The Hall–Kier alpha value is -2.21. The molecule has 0 aliphatic carbocycles. The van der Waals surface area contributed by atoms with E-state index in [-0.39, 0.29) is 16.5 Å². The first-order valence-corrected chi connectivity index (χ1v) is 8.84. The number of Topliss-reactive ketones (excluding diaryl/α,β-unsaturated/α-hetero) is 1. The van der Waals surface area contributed by atoms with E-state index in [9.17, 15) is 9.59 Å². The van der Waals surface area contributed by atoms with Gasteiger partial charge in [-0.05, 0) is 18.2 Å². The van der Waals surface area contributed by atoms with Gasteiger partial charge in [-0.2, -0.15) is 0 Å². The largest absolute Gasteiger partial charge is 0.453 e. The Morgan fingerprint density at radius 3 is 2.52 bits per heavy atom. The van der Waals surface area contributed by atoms with Crippen LogP contribution in [0.5, 0.6) is 0 Å². The molecule has 0 atom stereocenters. The molecule has 1 heterocycles. The van der Waals surface area contributed by atoms with E-state index in [1.54, 1.807) is 5.38 Å². The summed E-state index contributed by atoms with van der Waals surface area (Å²) in [7, 11) is 0. The number of rotatable bonds is 5. The van der Waals surface area contributed by atoms with Crippen LogP contribution in [0.1, 0.15) is 20.8 Å². The summed E-state index contributed by atoms with van der Waals surface area (Å²) < 4.78 is 5.04. The van der Waals surface area contributed by atoms with Gasteiger partial charge in [-0.25, -0.2) is 9.78 Å². The molecule has 2 aromatic carbocycles. The van der Waals surface area contributed by atoms with Crippen molar-refractivity contribution in [3.05, 3.63) is 75.2 Å². The van der Waals surface area contributed by atoms with E-state index < -0.39 is 12.6 Å². The molecule has 3 rings (SSSR count). The van der Waals surface area contributed by atoms with Gasteiger partial charge < -0.3 is 4.74 Å². The summed E-state index contributed by atoms with van der Waals surface area (Å²) in [5.41, 5.74) is 1.41. The van der Waals surface area contributed by atoms with E-state index in [4.69, 9.17) is 27.9 Å². The average molecular weight is 392 g/mol. The number of ether oxygens (including phenoxy) is 1. The Morgan fingerprint density at radius 2 is 1.80 bits per heavy atom. The van der Waals surface area contributed by atoms with Gasteiger partial charge in [-0.1, -0.05) is 53.5 Å². The molecule has 0 bridgehead atoms. The summed E-state index contributed by atoms with van der Waals surface area (Å²) in [4.78, 5) is 28.4. The molecule has 3 aromatic rings. The molecule has 7 heteroatoms. The number of benzene rings is 2. The third-order valence-corrected chi connectivity index (χ3v) is 4.94. The molecule has 126 valence electrons. The highest BCUT2D eigenvalue weighted by molar-refractivity contribution is 7.13. The number of carbonyl (C=O) groups is 2. The van der Waals surface area contributed by atoms with Crippen molar-refractivity contribution >= 4 is 46.3 Å². The van der Waals surface area contributed by atoms with Crippen LogP contribution in [0.4, 0.5) is 0 Å². The molecule has 0 amide bonds. The second kappa shape index (κ2) is 7.78. The fraction of sp³-hybridized carbons (Fsp3) is 0.0556. The quantitative estimate of drug-likeness (QED) is 0.445. The van der Waals surface area contributed by atoms with Crippen molar-refractivity contribution in [3.8, 4) is 10.6 Å². The molecule has 4 nitrogen and oxygen atoms in total. The van der Waals surface area contributed by atoms with Crippen LogP contribution in [0.3, 0.4) is 0 Å². The van der Waals surface area contributed by atoms with Gasteiger partial charge in [-0.15, -0.1) is 11.3 Å². The van der Waals surface area contributed by atoms with Gasteiger partial charge in [0.15, 0.2) is 18.1 Å². The number of aromatic nitrogens is 1. The molecule has 1 aromatic heterocycles. The molecule has 0 spiro atoms. The molecule has 0 saturated carbocycles. The molecule has 0 N–H and O–H groups in total. The lowest BCUT2D eigenvalue weighted by atomic mass is 10.1. The fourth-order valence-electron chi connectivity index (χ4n) is 2.04. The molecule has 0 radical (unpaired) electrons. The minimum Gasteiger partial charge on any atom is -0.453 e. The Bertz CT molecular complexity index is 925. The van der Waals surface area contributed by atoms with Crippen LogP contribution in [0.2, 0.25) is 10.0 Å². The van der Waals surface area contributed by atoms with Gasteiger partial charge in [0.25, 0.3) is 0 Å². The van der Waals surface area contributed by atoms with Crippen molar-refractivity contribution in [1.29, 1.82) is 0 Å². The van der Waals surface area contributed by atoms with E-state index in [1.165, 1.54) is 29.5 Å². The van der Waals surface area contributed by atoms with E-state index in [1.807, 2.05) is 30.3 Å². The highest BCUT2D eigenvalue weighted by Gasteiger charge is 2.16. The van der Waals surface area contributed by atoms with Crippen LogP contribution in [0.25, 0.3) is 10.6 Å².